The molecule has 2 fully saturated rings. The summed E-state index contributed by atoms with van der Waals surface area (Å²) in [5.41, 5.74) is 3.35. The highest BCUT2D eigenvalue weighted by Crippen LogP contribution is 2.57. The van der Waals surface area contributed by atoms with Gasteiger partial charge in [-0.3, -0.25) is 29.0 Å². The summed E-state index contributed by atoms with van der Waals surface area (Å²) in [7, 11) is 0. The number of amides is 2. The van der Waals surface area contributed by atoms with E-state index in [9.17, 15) is 24.3 Å². The number of carbonyl (C=O) groups excluding carboxylic acids is 4. The Morgan fingerprint density at radius 1 is 0.848 bits per heavy atom. The fraction of sp³-hybridized carbons (Fsp3) is 0.316. The Labute approximate surface area is 275 Å². The van der Waals surface area contributed by atoms with Crippen molar-refractivity contribution in [1.82, 2.24) is 9.80 Å². The van der Waals surface area contributed by atoms with E-state index in [0.717, 1.165) is 43.4 Å². The fourth-order valence-corrected chi connectivity index (χ4v) is 9.08. The molecule has 0 spiro atoms. The van der Waals surface area contributed by atoms with Crippen LogP contribution >= 0.6 is 15.9 Å². The number of likely N-dealkylation sites (tertiary alicyclic amines) is 2. The van der Waals surface area contributed by atoms with Gasteiger partial charge in [0.15, 0.2) is 11.6 Å². The second-order valence-electron chi connectivity index (χ2n) is 13.2. The van der Waals surface area contributed by atoms with E-state index in [1.807, 2.05) is 60.7 Å². The minimum atomic E-state index is -0.689. The average molecular weight is 678 g/mol. The lowest BCUT2D eigenvalue weighted by Crippen LogP contribution is -2.47. The number of nitrogens with zero attached hydrogens (tertiary/aromatic N) is 2. The Hall–Kier alpha value is -4.14. The van der Waals surface area contributed by atoms with Gasteiger partial charge in [0.25, 0.3) is 0 Å². The number of hydrogen-bond donors (Lipinski definition) is 1. The Kier molecular flexibility index (Phi) is 7.18. The highest BCUT2D eigenvalue weighted by atomic mass is 79.9. The fourth-order valence-electron chi connectivity index (χ4n) is 8.63. The first-order valence-electron chi connectivity index (χ1n) is 16.0. The molecule has 46 heavy (non-hydrogen) atoms. The highest BCUT2D eigenvalue weighted by Gasteiger charge is 2.57. The molecule has 4 unspecified atom stereocenters. The van der Waals surface area contributed by atoms with Gasteiger partial charge >= 0.3 is 0 Å². The van der Waals surface area contributed by atoms with Gasteiger partial charge in [-0.15, -0.1) is 0 Å². The molecule has 3 aromatic rings. The van der Waals surface area contributed by atoms with Crippen molar-refractivity contribution in [2.24, 2.45) is 17.8 Å². The summed E-state index contributed by atoms with van der Waals surface area (Å²) in [4.78, 5) is 59.4. The van der Waals surface area contributed by atoms with E-state index < -0.39 is 23.7 Å². The Morgan fingerprint density at radius 3 is 2.37 bits per heavy atom. The Bertz CT molecular complexity index is 1920. The number of hydrogen-bond acceptors (Lipinski definition) is 6. The van der Waals surface area contributed by atoms with E-state index in [2.05, 4.69) is 33.0 Å². The molecule has 5 aliphatic rings. The molecular weight excluding hydrogens is 644 g/mol. The molecule has 3 aliphatic carbocycles. The molecule has 3 aromatic carbocycles. The van der Waals surface area contributed by atoms with E-state index in [1.54, 1.807) is 4.90 Å². The van der Waals surface area contributed by atoms with Crippen molar-refractivity contribution in [3.8, 4) is 5.75 Å². The minimum Gasteiger partial charge on any atom is -0.507 e. The largest absolute Gasteiger partial charge is 0.507 e. The first kappa shape index (κ1) is 29.3. The molecular formula is C38H33BrN2O5. The van der Waals surface area contributed by atoms with Gasteiger partial charge in [-0.1, -0.05) is 78.4 Å². The van der Waals surface area contributed by atoms with E-state index in [0.29, 0.717) is 28.5 Å². The van der Waals surface area contributed by atoms with Crippen molar-refractivity contribution in [3.05, 3.63) is 111 Å². The number of aromatic hydroxyl groups is 1. The lowest BCUT2D eigenvalue weighted by atomic mass is 9.59. The van der Waals surface area contributed by atoms with Crippen LogP contribution in [-0.2, 0) is 25.7 Å². The molecule has 2 heterocycles. The smallest absolute Gasteiger partial charge is 0.233 e. The predicted octanol–water partition coefficient (Wildman–Crippen LogP) is 5.97. The number of carbonyl (C=O) groups is 4. The zero-order valence-electron chi connectivity index (χ0n) is 25.2. The van der Waals surface area contributed by atoms with Crippen LogP contribution in [0.15, 0.2) is 100 Å². The van der Waals surface area contributed by atoms with Crippen LogP contribution < -0.4 is 0 Å². The van der Waals surface area contributed by atoms with E-state index in [4.69, 9.17) is 0 Å². The summed E-state index contributed by atoms with van der Waals surface area (Å²) in [6.45, 7) is 2.44. The summed E-state index contributed by atoms with van der Waals surface area (Å²) < 4.78 is 0.190. The van der Waals surface area contributed by atoms with Crippen molar-refractivity contribution in [3.63, 3.8) is 0 Å². The maximum Gasteiger partial charge on any atom is 0.233 e. The number of allylic oxidation sites excluding steroid dienone is 6. The molecule has 8 heteroatoms. The molecule has 0 aromatic heterocycles. The van der Waals surface area contributed by atoms with Crippen molar-refractivity contribution in [2.45, 2.75) is 44.2 Å². The summed E-state index contributed by atoms with van der Waals surface area (Å²) in [5.74, 6) is -3.00. The first-order valence-corrected chi connectivity index (χ1v) is 16.8. The molecule has 2 saturated heterocycles. The molecule has 0 bridgehead atoms. The third-order valence-electron chi connectivity index (χ3n) is 10.8. The summed E-state index contributed by atoms with van der Waals surface area (Å²) in [5, 5.41) is 13.1. The van der Waals surface area contributed by atoms with E-state index in [1.165, 1.54) is 11.6 Å². The molecule has 7 nitrogen and oxygen atoms in total. The normalized spacial score (nSPS) is 27.0. The van der Waals surface area contributed by atoms with Gasteiger partial charge in [-0.25, -0.2) is 0 Å². The van der Waals surface area contributed by atoms with Crippen LogP contribution in [0.25, 0.3) is 10.8 Å². The number of phenolic OH excluding ortho intramolecular Hbond substituents is 1. The number of halogens is 1. The number of piperidine rings is 1. The van der Waals surface area contributed by atoms with Gasteiger partial charge in [-0.05, 0) is 58.5 Å². The van der Waals surface area contributed by atoms with Crippen LogP contribution in [0, 0.1) is 17.8 Å². The van der Waals surface area contributed by atoms with Gasteiger partial charge in [-0.2, -0.15) is 0 Å². The quantitative estimate of drug-likeness (QED) is 0.208. The monoisotopic (exact) mass is 676 g/mol. The number of imide groups is 1. The van der Waals surface area contributed by atoms with Crippen LogP contribution in [0.1, 0.15) is 42.7 Å². The topological polar surface area (TPSA) is 95.0 Å². The zero-order valence-corrected chi connectivity index (χ0v) is 26.8. The number of fused-ring (bicyclic) bond motifs is 4. The highest BCUT2D eigenvalue weighted by molar-refractivity contribution is 9.12. The molecule has 0 radical (unpaired) electrons. The van der Waals surface area contributed by atoms with Gasteiger partial charge in [0.05, 0.1) is 16.3 Å². The third-order valence-corrected chi connectivity index (χ3v) is 11.4. The Morgan fingerprint density at radius 2 is 1.59 bits per heavy atom. The molecule has 2 aliphatic heterocycles. The van der Waals surface area contributed by atoms with Crippen LogP contribution in [0.4, 0.5) is 0 Å². The van der Waals surface area contributed by atoms with Crippen LogP contribution in [0.2, 0.25) is 0 Å². The first-order chi connectivity index (χ1) is 22.3. The molecule has 2 amide bonds. The summed E-state index contributed by atoms with van der Waals surface area (Å²) in [6, 6.07) is 21.4. The third kappa shape index (κ3) is 4.56. The molecule has 4 atom stereocenters. The van der Waals surface area contributed by atoms with Gasteiger partial charge < -0.3 is 5.11 Å². The molecule has 1 N–H and O–H groups in total. The summed E-state index contributed by atoms with van der Waals surface area (Å²) in [6.07, 6.45) is 5.37. The second kappa shape index (κ2) is 11.3. The minimum absolute atomic E-state index is 0.0604. The molecule has 8 rings (SSSR count). The van der Waals surface area contributed by atoms with Crippen LogP contribution in [0.5, 0.6) is 5.75 Å². The van der Waals surface area contributed by atoms with Crippen molar-refractivity contribution in [1.29, 1.82) is 0 Å². The number of benzene rings is 3. The average Bonchev–Trinajstić information content (AvgIpc) is 3.33. The SMILES string of the molecule is O=C1C=C(Br)C(=O)C2=C1C(c1ccc3ccccc3c1O)C1=CCC3C(=O)N(C4CCN(Cc5ccccc5)CC4)C(=O)C3C1C2. The van der Waals surface area contributed by atoms with Gasteiger partial charge in [0.2, 0.25) is 11.8 Å². The number of ketones is 2. The maximum atomic E-state index is 14.4. The van der Waals surface area contributed by atoms with Crippen LogP contribution in [-0.4, -0.2) is 57.4 Å². The van der Waals surface area contributed by atoms with Gasteiger partial charge in [0, 0.05) is 59.8 Å². The van der Waals surface area contributed by atoms with Gasteiger partial charge in [0.1, 0.15) is 5.75 Å². The molecule has 232 valence electrons. The lowest BCUT2D eigenvalue weighted by Gasteiger charge is -2.42. The lowest BCUT2D eigenvalue weighted by molar-refractivity contribution is -0.144. The van der Waals surface area contributed by atoms with E-state index >= 15 is 0 Å². The number of rotatable bonds is 4. The number of phenols is 1. The maximum absolute atomic E-state index is 14.4. The zero-order chi connectivity index (χ0) is 31.7. The second-order valence-corrected chi connectivity index (χ2v) is 14.0. The summed E-state index contributed by atoms with van der Waals surface area (Å²) >= 11 is 3.29. The molecule has 0 saturated carbocycles. The van der Waals surface area contributed by atoms with Crippen molar-refractivity contribution < 1.29 is 24.3 Å². The number of Topliss-reactive ketones (excluding diaryl/α,β-unsaturated/α-hetero) is 1. The van der Waals surface area contributed by atoms with E-state index in [-0.39, 0.29) is 46.1 Å². The Balaban J connectivity index is 1.13. The van der Waals surface area contributed by atoms with Crippen molar-refractivity contribution in [2.75, 3.05) is 13.1 Å². The predicted molar refractivity (Wildman–Crippen MR) is 177 cm³/mol. The van der Waals surface area contributed by atoms with Crippen molar-refractivity contribution >= 4 is 50.1 Å². The standard InChI is InChI=1S/C38H33BrN2O5/c39-30-19-31(42)34-29(36(30)44)18-28-25(32(34)26-11-10-22-8-4-5-9-24(22)35(26)43)12-13-27-33(28)38(46)41(37(27)45)23-14-16-40(17-15-23)20-21-6-2-1-3-7-21/h1-12,19,23,27-28,32-33,43H,13-18,20H2. The van der Waals surface area contributed by atoms with Crippen LogP contribution in [0.3, 0.4) is 0 Å².